The average molecular weight is 399 g/mol. The number of amides is 2. The van der Waals surface area contributed by atoms with E-state index in [0.29, 0.717) is 38.5 Å². The molecule has 0 radical (unpaired) electrons. The molecule has 2 amide bonds. The van der Waals surface area contributed by atoms with Crippen molar-refractivity contribution in [3.8, 4) is 0 Å². The van der Waals surface area contributed by atoms with Crippen molar-refractivity contribution in [1.29, 1.82) is 0 Å². The second-order valence-corrected chi connectivity index (χ2v) is 7.05. The minimum absolute atomic E-state index is 0.00375. The predicted molar refractivity (Wildman–Crippen MR) is 102 cm³/mol. The van der Waals surface area contributed by atoms with Crippen LogP contribution in [0.1, 0.15) is 22.2 Å². The molecule has 2 unspecified atom stereocenters. The summed E-state index contributed by atoms with van der Waals surface area (Å²) in [5.74, 6) is -0.206. The van der Waals surface area contributed by atoms with Crippen LogP contribution in [0.25, 0.3) is 0 Å². The van der Waals surface area contributed by atoms with Gasteiger partial charge in [0.2, 0.25) is 5.91 Å². The molecule has 10 nitrogen and oxygen atoms in total. The lowest BCUT2D eigenvalue weighted by molar-refractivity contribution is -0.384. The molecule has 2 aliphatic rings. The lowest BCUT2D eigenvalue weighted by Crippen LogP contribution is -2.52. The van der Waals surface area contributed by atoms with Gasteiger partial charge in [0.25, 0.3) is 11.6 Å². The highest BCUT2D eigenvalue weighted by molar-refractivity contribution is 5.91. The van der Waals surface area contributed by atoms with Crippen molar-refractivity contribution in [2.24, 2.45) is 5.92 Å². The third-order valence-corrected chi connectivity index (χ3v) is 5.37. The van der Waals surface area contributed by atoms with E-state index in [2.05, 4.69) is 10.9 Å². The summed E-state index contributed by atoms with van der Waals surface area (Å²) in [7, 11) is 0. The van der Waals surface area contributed by atoms with Crippen LogP contribution < -0.4 is 10.9 Å². The monoisotopic (exact) mass is 399 g/mol. The molecule has 2 aromatic rings. The number of furan rings is 1. The highest BCUT2D eigenvalue weighted by Gasteiger charge is 2.38. The number of piperazine rings is 1. The molecular formula is C19H21N5O5. The Kier molecular flexibility index (Phi) is 5.28. The summed E-state index contributed by atoms with van der Waals surface area (Å²) in [6.07, 6.45) is 1.46. The van der Waals surface area contributed by atoms with Crippen LogP contribution in [0.4, 0.5) is 5.69 Å². The molecule has 4 rings (SSSR count). The maximum Gasteiger partial charge on any atom is 0.289 e. The lowest BCUT2D eigenvalue weighted by Gasteiger charge is -2.36. The molecule has 0 saturated carbocycles. The number of benzene rings is 1. The maximum absolute atomic E-state index is 13.1. The van der Waals surface area contributed by atoms with Crippen molar-refractivity contribution in [3.05, 3.63) is 64.1 Å². The molecular weight excluding hydrogens is 378 g/mol. The molecule has 0 spiro atoms. The first-order valence-electron chi connectivity index (χ1n) is 9.39. The normalized spacial score (nSPS) is 21.9. The third kappa shape index (κ3) is 3.84. The highest BCUT2D eigenvalue weighted by Crippen LogP contribution is 2.28. The van der Waals surface area contributed by atoms with E-state index < -0.39 is 4.92 Å². The highest BCUT2D eigenvalue weighted by atomic mass is 16.6. The molecule has 2 atom stereocenters. The summed E-state index contributed by atoms with van der Waals surface area (Å²) in [6.45, 7) is 2.26. The lowest BCUT2D eigenvalue weighted by atomic mass is 9.93. The van der Waals surface area contributed by atoms with E-state index in [-0.39, 0.29) is 29.5 Å². The summed E-state index contributed by atoms with van der Waals surface area (Å²) < 4.78 is 5.16. The van der Waals surface area contributed by atoms with Gasteiger partial charge in [-0.25, -0.2) is 5.43 Å². The van der Waals surface area contributed by atoms with Crippen molar-refractivity contribution in [2.75, 3.05) is 32.7 Å². The second kappa shape index (κ2) is 8.02. The molecule has 0 bridgehead atoms. The van der Waals surface area contributed by atoms with Gasteiger partial charge in [0.1, 0.15) is 0 Å². The molecule has 1 aromatic heterocycles. The average Bonchev–Trinajstić information content (AvgIpc) is 3.45. The van der Waals surface area contributed by atoms with Crippen LogP contribution in [0.5, 0.6) is 0 Å². The number of rotatable bonds is 4. The summed E-state index contributed by atoms with van der Waals surface area (Å²) in [5, 5.41) is 10.8. The summed E-state index contributed by atoms with van der Waals surface area (Å²) in [4.78, 5) is 39.3. The molecule has 152 valence electrons. The number of nitro benzene ring substituents is 1. The van der Waals surface area contributed by atoms with Gasteiger partial charge >= 0.3 is 0 Å². The van der Waals surface area contributed by atoms with Crippen molar-refractivity contribution in [1.82, 2.24) is 20.7 Å². The number of nitro groups is 1. The van der Waals surface area contributed by atoms with Crippen LogP contribution in [0.2, 0.25) is 0 Å². The van der Waals surface area contributed by atoms with Crippen LogP contribution in [0.3, 0.4) is 0 Å². The van der Waals surface area contributed by atoms with Crippen molar-refractivity contribution < 1.29 is 18.9 Å². The van der Waals surface area contributed by atoms with E-state index in [1.807, 2.05) is 0 Å². The third-order valence-electron chi connectivity index (χ3n) is 5.37. The standard InChI is InChI=1S/C19H21N5O5/c25-18(22-7-9-23(10-8-22)19(26)16-2-1-11-29-16)15-12-20-21-17(15)13-3-5-14(6-4-13)24(27)28/h1-6,11,15,17,20-21H,7-10,12H2. The zero-order valence-corrected chi connectivity index (χ0v) is 15.6. The topological polar surface area (TPSA) is 121 Å². The van der Waals surface area contributed by atoms with Crippen molar-refractivity contribution >= 4 is 17.5 Å². The zero-order chi connectivity index (χ0) is 20.4. The van der Waals surface area contributed by atoms with E-state index in [1.54, 1.807) is 34.1 Å². The molecule has 3 heterocycles. The SMILES string of the molecule is O=C(c1ccco1)N1CCN(C(=O)C2CNNC2c2ccc([N+](=O)[O-])cc2)CC1. The molecule has 2 aliphatic heterocycles. The van der Waals surface area contributed by atoms with Gasteiger partial charge in [-0.15, -0.1) is 0 Å². The first-order chi connectivity index (χ1) is 14.0. The van der Waals surface area contributed by atoms with Crippen LogP contribution in [0, 0.1) is 16.0 Å². The number of hydrogen-bond donors (Lipinski definition) is 2. The van der Waals surface area contributed by atoms with Gasteiger partial charge in [-0.05, 0) is 17.7 Å². The van der Waals surface area contributed by atoms with Gasteiger partial charge in [-0.1, -0.05) is 12.1 Å². The van der Waals surface area contributed by atoms with Gasteiger partial charge in [0.05, 0.1) is 23.1 Å². The fourth-order valence-electron chi connectivity index (χ4n) is 3.77. The van der Waals surface area contributed by atoms with Crippen molar-refractivity contribution in [2.45, 2.75) is 6.04 Å². The van der Waals surface area contributed by atoms with E-state index >= 15 is 0 Å². The molecule has 0 aliphatic carbocycles. The molecule has 10 heteroatoms. The zero-order valence-electron chi connectivity index (χ0n) is 15.6. The fourth-order valence-corrected chi connectivity index (χ4v) is 3.77. The Hall–Kier alpha value is -3.24. The van der Waals surface area contributed by atoms with E-state index in [1.165, 1.54) is 18.4 Å². The fraction of sp³-hybridized carbons (Fsp3) is 0.368. The number of hydrazine groups is 1. The maximum atomic E-state index is 13.1. The summed E-state index contributed by atoms with van der Waals surface area (Å²) in [6, 6.07) is 9.25. The Balaban J connectivity index is 1.39. The Bertz CT molecular complexity index is 890. The summed E-state index contributed by atoms with van der Waals surface area (Å²) >= 11 is 0. The van der Waals surface area contributed by atoms with E-state index in [4.69, 9.17) is 4.42 Å². The van der Waals surface area contributed by atoms with E-state index in [0.717, 1.165) is 5.56 Å². The number of carbonyl (C=O) groups excluding carboxylic acids is 2. The Labute approximate surface area is 166 Å². The minimum atomic E-state index is -0.448. The first kappa shape index (κ1) is 19.1. The number of hydrogen-bond acceptors (Lipinski definition) is 7. The predicted octanol–water partition coefficient (Wildman–Crippen LogP) is 0.937. The van der Waals surface area contributed by atoms with Gasteiger partial charge in [0, 0.05) is 44.9 Å². The van der Waals surface area contributed by atoms with Gasteiger partial charge < -0.3 is 14.2 Å². The number of nitrogens with zero attached hydrogens (tertiary/aromatic N) is 3. The Morgan fingerprint density at radius 3 is 2.38 bits per heavy atom. The minimum Gasteiger partial charge on any atom is -0.459 e. The molecule has 1 aromatic carbocycles. The smallest absolute Gasteiger partial charge is 0.289 e. The molecule has 2 saturated heterocycles. The van der Waals surface area contributed by atoms with Crippen LogP contribution >= 0.6 is 0 Å². The van der Waals surface area contributed by atoms with Crippen LogP contribution in [0.15, 0.2) is 47.1 Å². The van der Waals surface area contributed by atoms with Gasteiger partial charge in [-0.3, -0.25) is 25.1 Å². The Morgan fingerprint density at radius 2 is 1.76 bits per heavy atom. The summed E-state index contributed by atoms with van der Waals surface area (Å²) in [5.41, 5.74) is 6.93. The second-order valence-electron chi connectivity index (χ2n) is 7.05. The molecule has 29 heavy (non-hydrogen) atoms. The number of non-ortho nitro benzene ring substituents is 1. The van der Waals surface area contributed by atoms with Gasteiger partial charge in [0.15, 0.2) is 5.76 Å². The van der Waals surface area contributed by atoms with Crippen LogP contribution in [-0.4, -0.2) is 59.3 Å². The van der Waals surface area contributed by atoms with Crippen molar-refractivity contribution in [3.63, 3.8) is 0 Å². The largest absolute Gasteiger partial charge is 0.459 e. The Morgan fingerprint density at radius 1 is 1.07 bits per heavy atom. The molecule has 2 fully saturated rings. The van der Waals surface area contributed by atoms with Gasteiger partial charge in [-0.2, -0.15) is 0 Å². The first-order valence-corrected chi connectivity index (χ1v) is 9.39. The number of nitrogens with one attached hydrogen (secondary N) is 2. The quantitative estimate of drug-likeness (QED) is 0.580. The molecule has 2 N–H and O–H groups in total. The van der Waals surface area contributed by atoms with Crippen LogP contribution in [-0.2, 0) is 4.79 Å². The number of carbonyl (C=O) groups is 2. The van der Waals surface area contributed by atoms with E-state index in [9.17, 15) is 19.7 Å².